The Kier molecular flexibility index (Phi) is 7.23. The van der Waals surface area contributed by atoms with Gasteiger partial charge in [-0.3, -0.25) is 9.59 Å². The first-order valence-electron chi connectivity index (χ1n) is 7.95. The number of carbonyl (C=O) groups excluding carboxylic acids is 2. The van der Waals surface area contributed by atoms with Crippen molar-refractivity contribution < 1.29 is 18.7 Å². The van der Waals surface area contributed by atoms with Gasteiger partial charge in [0.25, 0.3) is 0 Å². The second-order valence-corrected chi connectivity index (χ2v) is 5.65. The lowest BCUT2D eigenvalue weighted by Crippen LogP contribution is -2.25. The van der Waals surface area contributed by atoms with E-state index in [1.807, 2.05) is 30.3 Å². The standard InChI is InChI=1S/C19H18N2O4.H2S/c22-17(18-7-4-10-24-18)11-16(12-21-9-8-20-14-21)19(23)25-13-15-5-2-1-3-6-15;/h1-10,14,16H,11-13H2;1H2/t16-;/m0./s1. The summed E-state index contributed by atoms with van der Waals surface area (Å²) in [4.78, 5) is 28.8. The Morgan fingerprint density at radius 3 is 2.62 bits per heavy atom. The summed E-state index contributed by atoms with van der Waals surface area (Å²) in [5.41, 5.74) is 0.898. The number of esters is 1. The minimum atomic E-state index is -0.615. The molecule has 0 fully saturated rings. The minimum absolute atomic E-state index is 0. The van der Waals surface area contributed by atoms with Crippen LogP contribution in [0.25, 0.3) is 0 Å². The van der Waals surface area contributed by atoms with E-state index in [1.165, 1.54) is 6.26 Å². The van der Waals surface area contributed by atoms with E-state index < -0.39 is 11.9 Å². The molecule has 0 radical (unpaired) electrons. The molecule has 6 nitrogen and oxygen atoms in total. The molecule has 0 saturated heterocycles. The number of furan rings is 1. The van der Waals surface area contributed by atoms with Gasteiger partial charge in [-0.25, -0.2) is 4.98 Å². The lowest BCUT2D eigenvalue weighted by atomic mass is 10.0. The van der Waals surface area contributed by atoms with Gasteiger partial charge in [0.15, 0.2) is 11.5 Å². The molecular formula is C19H20N2O4S. The Hall–Kier alpha value is -2.80. The van der Waals surface area contributed by atoms with E-state index in [4.69, 9.17) is 9.15 Å². The monoisotopic (exact) mass is 372 g/mol. The summed E-state index contributed by atoms with van der Waals surface area (Å²) in [7, 11) is 0. The molecule has 7 heteroatoms. The van der Waals surface area contributed by atoms with Gasteiger partial charge < -0.3 is 13.7 Å². The van der Waals surface area contributed by atoms with Crippen molar-refractivity contribution in [1.29, 1.82) is 0 Å². The smallest absolute Gasteiger partial charge is 0.311 e. The number of imidazole rings is 1. The number of hydrogen-bond acceptors (Lipinski definition) is 5. The van der Waals surface area contributed by atoms with Gasteiger partial charge in [-0.05, 0) is 17.7 Å². The van der Waals surface area contributed by atoms with E-state index in [0.29, 0.717) is 6.54 Å². The zero-order chi connectivity index (χ0) is 17.5. The molecule has 3 rings (SSSR count). The van der Waals surface area contributed by atoms with Crippen LogP contribution < -0.4 is 0 Å². The van der Waals surface area contributed by atoms with Gasteiger partial charge in [-0.1, -0.05) is 30.3 Å². The van der Waals surface area contributed by atoms with Crippen LogP contribution in [0.4, 0.5) is 0 Å². The predicted molar refractivity (Wildman–Crippen MR) is 100.0 cm³/mol. The van der Waals surface area contributed by atoms with Crippen molar-refractivity contribution in [1.82, 2.24) is 9.55 Å². The van der Waals surface area contributed by atoms with E-state index in [-0.39, 0.29) is 38.1 Å². The zero-order valence-electron chi connectivity index (χ0n) is 14.1. The van der Waals surface area contributed by atoms with E-state index in [9.17, 15) is 9.59 Å². The number of ether oxygens (including phenoxy) is 1. The third-order valence-corrected chi connectivity index (χ3v) is 3.78. The number of benzene rings is 1. The first-order chi connectivity index (χ1) is 12.2. The number of aromatic nitrogens is 2. The van der Waals surface area contributed by atoms with Crippen LogP contribution in [0.3, 0.4) is 0 Å². The van der Waals surface area contributed by atoms with Crippen molar-refractivity contribution in [3.8, 4) is 0 Å². The number of ketones is 1. The Balaban J connectivity index is 0.00000243. The number of nitrogens with zero attached hydrogens (tertiary/aromatic N) is 2. The molecule has 2 aromatic heterocycles. The highest BCUT2D eigenvalue weighted by Crippen LogP contribution is 2.16. The largest absolute Gasteiger partial charge is 0.461 e. The summed E-state index contributed by atoms with van der Waals surface area (Å²) in [6, 6.07) is 12.7. The van der Waals surface area contributed by atoms with Gasteiger partial charge in [0.1, 0.15) is 6.61 Å². The Labute approximate surface area is 158 Å². The highest BCUT2D eigenvalue weighted by molar-refractivity contribution is 7.59. The summed E-state index contributed by atoms with van der Waals surface area (Å²) in [6.07, 6.45) is 6.43. The minimum Gasteiger partial charge on any atom is -0.461 e. The maximum absolute atomic E-state index is 12.5. The van der Waals surface area contributed by atoms with Crippen LogP contribution in [0.15, 0.2) is 71.9 Å². The molecule has 136 valence electrons. The molecule has 0 N–H and O–H groups in total. The lowest BCUT2D eigenvalue weighted by Gasteiger charge is -2.15. The molecule has 0 saturated carbocycles. The van der Waals surface area contributed by atoms with Crippen molar-refractivity contribution in [2.75, 3.05) is 0 Å². The molecule has 3 aromatic rings. The van der Waals surface area contributed by atoms with Crippen LogP contribution in [0, 0.1) is 5.92 Å². The van der Waals surface area contributed by atoms with Gasteiger partial charge >= 0.3 is 5.97 Å². The summed E-state index contributed by atoms with van der Waals surface area (Å²) in [5.74, 6) is -1.02. The SMILES string of the molecule is O=C(C[C@@H](Cn1ccnc1)C(=O)OCc1ccccc1)c1ccco1.S. The number of carbonyl (C=O) groups is 2. The summed E-state index contributed by atoms with van der Waals surface area (Å²) < 4.78 is 12.3. The highest BCUT2D eigenvalue weighted by atomic mass is 32.1. The molecule has 0 unspecified atom stereocenters. The maximum atomic E-state index is 12.5. The van der Waals surface area contributed by atoms with E-state index >= 15 is 0 Å². The highest BCUT2D eigenvalue weighted by Gasteiger charge is 2.25. The summed E-state index contributed by atoms with van der Waals surface area (Å²) in [6.45, 7) is 0.495. The van der Waals surface area contributed by atoms with Gasteiger partial charge in [0, 0.05) is 25.4 Å². The van der Waals surface area contributed by atoms with E-state index in [2.05, 4.69) is 4.98 Å². The second kappa shape index (κ2) is 9.62. The molecule has 0 aliphatic heterocycles. The average Bonchev–Trinajstić information content (AvgIpc) is 3.33. The van der Waals surface area contributed by atoms with Gasteiger partial charge in [0.2, 0.25) is 0 Å². The fourth-order valence-electron chi connectivity index (χ4n) is 2.48. The van der Waals surface area contributed by atoms with Crippen LogP contribution in [-0.4, -0.2) is 21.3 Å². The first-order valence-corrected chi connectivity index (χ1v) is 7.95. The second-order valence-electron chi connectivity index (χ2n) is 5.65. The molecule has 0 aliphatic carbocycles. The molecule has 2 heterocycles. The van der Waals surface area contributed by atoms with E-state index in [1.54, 1.807) is 35.4 Å². The summed E-state index contributed by atoms with van der Waals surface area (Å²) in [5, 5.41) is 0. The Morgan fingerprint density at radius 1 is 1.15 bits per heavy atom. The van der Waals surface area contributed by atoms with Crippen LogP contribution in [0.5, 0.6) is 0 Å². The molecular weight excluding hydrogens is 352 g/mol. The number of Topliss-reactive ketones (excluding diaryl/α,β-unsaturated/α-hetero) is 1. The zero-order valence-corrected chi connectivity index (χ0v) is 15.1. The van der Waals surface area contributed by atoms with Crippen molar-refractivity contribution in [3.63, 3.8) is 0 Å². The topological polar surface area (TPSA) is 74.3 Å². The van der Waals surface area contributed by atoms with Crippen molar-refractivity contribution in [2.45, 2.75) is 19.6 Å². The first kappa shape index (κ1) is 19.5. The third-order valence-electron chi connectivity index (χ3n) is 3.78. The quantitative estimate of drug-likeness (QED) is 0.448. The van der Waals surface area contributed by atoms with E-state index in [0.717, 1.165) is 5.56 Å². The number of hydrogen-bond donors (Lipinski definition) is 0. The van der Waals surface area contributed by atoms with Crippen LogP contribution in [0.2, 0.25) is 0 Å². The van der Waals surface area contributed by atoms with Crippen molar-refractivity contribution >= 4 is 25.2 Å². The predicted octanol–water partition coefficient (Wildman–Crippen LogP) is 3.22. The molecule has 0 bridgehead atoms. The molecule has 1 atom stereocenters. The molecule has 1 aromatic carbocycles. The van der Waals surface area contributed by atoms with Crippen LogP contribution in [-0.2, 0) is 22.7 Å². The Bertz CT molecular complexity index is 801. The number of rotatable bonds is 8. The summed E-state index contributed by atoms with van der Waals surface area (Å²) >= 11 is 0. The Morgan fingerprint density at radius 2 is 1.96 bits per heavy atom. The van der Waals surface area contributed by atoms with Gasteiger partial charge in [0.05, 0.1) is 18.5 Å². The average molecular weight is 372 g/mol. The third kappa shape index (κ3) is 5.35. The van der Waals surface area contributed by atoms with Crippen LogP contribution >= 0.6 is 13.5 Å². The van der Waals surface area contributed by atoms with Crippen molar-refractivity contribution in [3.05, 3.63) is 78.8 Å². The molecule has 0 aliphatic rings. The van der Waals surface area contributed by atoms with Gasteiger partial charge in [-0.2, -0.15) is 13.5 Å². The van der Waals surface area contributed by atoms with Gasteiger partial charge in [-0.15, -0.1) is 0 Å². The lowest BCUT2D eigenvalue weighted by molar-refractivity contribution is -0.150. The molecule has 26 heavy (non-hydrogen) atoms. The fourth-order valence-corrected chi connectivity index (χ4v) is 2.48. The fraction of sp³-hybridized carbons (Fsp3) is 0.211. The molecule has 0 amide bonds. The van der Waals surface area contributed by atoms with Crippen LogP contribution in [0.1, 0.15) is 22.5 Å². The van der Waals surface area contributed by atoms with Crippen molar-refractivity contribution in [2.24, 2.45) is 5.92 Å². The normalized spacial score (nSPS) is 11.4. The maximum Gasteiger partial charge on any atom is 0.311 e. The molecule has 0 spiro atoms.